The zero-order valence-corrected chi connectivity index (χ0v) is 15.5. The van der Waals surface area contributed by atoms with Crippen LogP contribution < -0.4 is 10.2 Å². The summed E-state index contributed by atoms with van der Waals surface area (Å²) in [6, 6.07) is 5.28. The van der Waals surface area contributed by atoms with Gasteiger partial charge in [-0.2, -0.15) is 13.2 Å². The maximum atomic E-state index is 12.8. The van der Waals surface area contributed by atoms with Gasteiger partial charge in [-0.3, -0.25) is 4.79 Å². The molecule has 0 spiro atoms. The van der Waals surface area contributed by atoms with E-state index in [4.69, 9.17) is 19.8 Å². The SMILES string of the molecule is O=C(O)C(=O)O.O=C([C@@H]1CCCN1)N1CCN(c2cccc(C(F)(F)F)c2)CC1. The number of halogens is 3. The first-order valence-electron chi connectivity index (χ1n) is 9.00. The van der Waals surface area contributed by atoms with Gasteiger partial charge in [0.05, 0.1) is 11.6 Å². The fraction of sp³-hybridized carbons (Fsp3) is 0.500. The van der Waals surface area contributed by atoms with Crippen molar-refractivity contribution in [1.29, 1.82) is 0 Å². The van der Waals surface area contributed by atoms with Crippen LogP contribution in [0.1, 0.15) is 18.4 Å². The van der Waals surface area contributed by atoms with E-state index in [1.807, 2.05) is 9.80 Å². The van der Waals surface area contributed by atoms with Gasteiger partial charge in [-0.1, -0.05) is 6.07 Å². The molecule has 1 atom stereocenters. The Labute approximate surface area is 164 Å². The second kappa shape index (κ2) is 9.59. The Balaban J connectivity index is 0.000000438. The van der Waals surface area contributed by atoms with Crippen LogP contribution in [0.3, 0.4) is 0 Å². The number of carbonyl (C=O) groups excluding carboxylic acids is 1. The highest BCUT2D eigenvalue weighted by Crippen LogP contribution is 2.31. The molecule has 2 saturated heterocycles. The summed E-state index contributed by atoms with van der Waals surface area (Å²) >= 11 is 0. The average molecular weight is 417 g/mol. The average Bonchev–Trinajstić information content (AvgIpc) is 3.22. The highest BCUT2D eigenvalue weighted by molar-refractivity contribution is 6.27. The fourth-order valence-corrected chi connectivity index (χ4v) is 3.18. The van der Waals surface area contributed by atoms with E-state index in [1.165, 1.54) is 12.1 Å². The van der Waals surface area contributed by atoms with Crippen LogP contribution in [0.15, 0.2) is 24.3 Å². The Bertz CT molecular complexity index is 731. The van der Waals surface area contributed by atoms with Crippen LogP contribution >= 0.6 is 0 Å². The lowest BCUT2D eigenvalue weighted by Crippen LogP contribution is -2.53. The van der Waals surface area contributed by atoms with Gasteiger partial charge in [-0.15, -0.1) is 0 Å². The number of anilines is 1. The predicted molar refractivity (Wildman–Crippen MR) is 96.5 cm³/mol. The van der Waals surface area contributed by atoms with Crippen molar-refractivity contribution in [3.05, 3.63) is 29.8 Å². The molecule has 0 unspecified atom stereocenters. The molecule has 3 N–H and O–H groups in total. The van der Waals surface area contributed by atoms with E-state index in [0.29, 0.717) is 31.9 Å². The number of nitrogens with zero attached hydrogens (tertiary/aromatic N) is 2. The molecule has 0 bridgehead atoms. The molecule has 160 valence electrons. The monoisotopic (exact) mass is 417 g/mol. The van der Waals surface area contributed by atoms with Crippen LogP contribution in [0.4, 0.5) is 18.9 Å². The molecule has 1 aromatic carbocycles. The molecule has 0 aliphatic carbocycles. The number of rotatable bonds is 2. The van der Waals surface area contributed by atoms with Crippen LogP contribution in [0.5, 0.6) is 0 Å². The van der Waals surface area contributed by atoms with Gasteiger partial charge in [0, 0.05) is 31.9 Å². The fourth-order valence-electron chi connectivity index (χ4n) is 3.18. The second-order valence-corrected chi connectivity index (χ2v) is 6.62. The molecular formula is C18H22F3N3O5. The molecule has 0 aromatic heterocycles. The van der Waals surface area contributed by atoms with Crippen molar-refractivity contribution in [3.8, 4) is 0 Å². The molecule has 1 aromatic rings. The summed E-state index contributed by atoms with van der Waals surface area (Å²) in [4.78, 5) is 34.2. The minimum absolute atomic E-state index is 0.0879. The van der Waals surface area contributed by atoms with Gasteiger partial charge in [-0.25, -0.2) is 9.59 Å². The van der Waals surface area contributed by atoms with Crippen molar-refractivity contribution in [2.75, 3.05) is 37.6 Å². The number of carbonyl (C=O) groups is 3. The Hall–Kier alpha value is -2.82. The van der Waals surface area contributed by atoms with Gasteiger partial charge in [0.25, 0.3) is 0 Å². The molecule has 11 heteroatoms. The molecule has 3 rings (SSSR count). The first-order chi connectivity index (χ1) is 13.6. The maximum absolute atomic E-state index is 12.8. The number of hydrogen-bond donors (Lipinski definition) is 3. The third kappa shape index (κ3) is 6.34. The molecular weight excluding hydrogens is 395 g/mol. The van der Waals surface area contributed by atoms with Gasteiger partial charge in [-0.05, 0) is 37.6 Å². The van der Waals surface area contributed by atoms with Crippen LogP contribution in [0.25, 0.3) is 0 Å². The Morgan fingerprint density at radius 2 is 1.66 bits per heavy atom. The third-order valence-electron chi connectivity index (χ3n) is 4.67. The number of alkyl halides is 3. The standard InChI is InChI=1S/C16H20F3N3O.C2H2O4/c17-16(18,19)12-3-1-4-13(11-12)21-7-9-22(10-8-21)15(23)14-5-2-6-20-14;3-1(4)2(5)6/h1,3-4,11,14,20H,2,5-10H2;(H,3,4)(H,5,6)/t14-;/m0./s1. The quantitative estimate of drug-likeness (QED) is 0.622. The third-order valence-corrected chi connectivity index (χ3v) is 4.67. The van der Waals surface area contributed by atoms with Gasteiger partial charge in [0.15, 0.2) is 0 Å². The van der Waals surface area contributed by atoms with Gasteiger partial charge >= 0.3 is 18.1 Å². The van der Waals surface area contributed by atoms with Gasteiger partial charge in [0.2, 0.25) is 5.91 Å². The minimum atomic E-state index is -4.33. The zero-order valence-electron chi connectivity index (χ0n) is 15.5. The van der Waals surface area contributed by atoms with Crippen molar-refractivity contribution in [2.45, 2.75) is 25.1 Å². The molecule has 2 fully saturated rings. The molecule has 0 saturated carbocycles. The van der Waals surface area contributed by atoms with E-state index in [-0.39, 0.29) is 11.9 Å². The summed E-state index contributed by atoms with van der Waals surface area (Å²) in [6.45, 7) is 3.08. The van der Waals surface area contributed by atoms with E-state index in [0.717, 1.165) is 25.5 Å². The lowest BCUT2D eigenvalue weighted by atomic mass is 10.1. The van der Waals surface area contributed by atoms with Crippen molar-refractivity contribution >= 4 is 23.5 Å². The number of benzene rings is 1. The van der Waals surface area contributed by atoms with Crippen LogP contribution in [-0.4, -0.2) is 71.7 Å². The summed E-state index contributed by atoms with van der Waals surface area (Å²) in [5.74, 6) is -3.53. The number of hydrogen-bond acceptors (Lipinski definition) is 5. The summed E-state index contributed by atoms with van der Waals surface area (Å²) in [5, 5.41) is 18.0. The highest BCUT2D eigenvalue weighted by Gasteiger charge is 2.32. The van der Waals surface area contributed by atoms with Crippen molar-refractivity contribution < 1.29 is 37.8 Å². The highest BCUT2D eigenvalue weighted by atomic mass is 19.4. The first kappa shape index (κ1) is 22.5. The summed E-state index contributed by atoms with van der Waals surface area (Å²) in [6.07, 6.45) is -2.45. The van der Waals surface area contributed by atoms with E-state index < -0.39 is 23.7 Å². The van der Waals surface area contributed by atoms with Gasteiger partial charge < -0.3 is 25.3 Å². The van der Waals surface area contributed by atoms with Crippen molar-refractivity contribution in [3.63, 3.8) is 0 Å². The maximum Gasteiger partial charge on any atom is 0.416 e. The second-order valence-electron chi connectivity index (χ2n) is 6.62. The van der Waals surface area contributed by atoms with Crippen molar-refractivity contribution in [2.24, 2.45) is 0 Å². The number of amides is 1. The van der Waals surface area contributed by atoms with Crippen LogP contribution in [-0.2, 0) is 20.6 Å². The zero-order chi connectivity index (χ0) is 21.6. The lowest BCUT2D eigenvalue weighted by Gasteiger charge is -2.37. The number of nitrogens with one attached hydrogen (secondary N) is 1. The Kier molecular flexibility index (Phi) is 7.43. The van der Waals surface area contributed by atoms with E-state index in [2.05, 4.69) is 5.32 Å². The summed E-state index contributed by atoms with van der Waals surface area (Å²) < 4.78 is 38.4. The Morgan fingerprint density at radius 3 is 2.14 bits per heavy atom. The Morgan fingerprint density at radius 1 is 1.03 bits per heavy atom. The normalized spacial score (nSPS) is 19.3. The largest absolute Gasteiger partial charge is 0.473 e. The molecule has 29 heavy (non-hydrogen) atoms. The molecule has 0 radical (unpaired) electrons. The van der Waals surface area contributed by atoms with Gasteiger partial charge in [0.1, 0.15) is 0 Å². The van der Waals surface area contributed by atoms with Crippen molar-refractivity contribution in [1.82, 2.24) is 10.2 Å². The number of piperazine rings is 1. The van der Waals surface area contributed by atoms with Crippen LogP contribution in [0.2, 0.25) is 0 Å². The molecule has 8 nitrogen and oxygen atoms in total. The van der Waals surface area contributed by atoms with E-state index in [9.17, 15) is 18.0 Å². The molecule has 2 aliphatic heterocycles. The number of carboxylic acid groups (broad SMARTS) is 2. The first-order valence-corrected chi connectivity index (χ1v) is 9.00. The molecule has 1 amide bonds. The van der Waals surface area contributed by atoms with Crippen LogP contribution in [0, 0.1) is 0 Å². The smallest absolute Gasteiger partial charge is 0.416 e. The topological polar surface area (TPSA) is 110 Å². The summed E-state index contributed by atoms with van der Waals surface area (Å²) in [5.41, 5.74) is -0.0745. The number of aliphatic carboxylic acids is 2. The summed E-state index contributed by atoms with van der Waals surface area (Å²) in [7, 11) is 0. The predicted octanol–water partition coefficient (Wildman–Crippen LogP) is 1.26. The lowest BCUT2D eigenvalue weighted by molar-refractivity contribution is -0.159. The molecule has 2 aliphatic rings. The van der Waals surface area contributed by atoms with E-state index >= 15 is 0 Å². The van der Waals surface area contributed by atoms with E-state index in [1.54, 1.807) is 6.07 Å². The number of carboxylic acids is 2. The minimum Gasteiger partial charge on any atom is -0.473 e. The molecule has 2 heterocycles.